The molecule has 1 fully saturated rings. The fourth-order valence-electron chi connectivity index (χ4n) is 3.19. The van der Waals surface area contributed by atoms with E-state index in [4.69, 9.17) is 0 Å². The molecule has 0 bridgehead atoms. The van der Waals surface area contributed by atoms with Crippen molar-refractivity contribution in [1.29, 1.82) is 0 Å². The number of rotatable bonds is 3. The molecule has 3 rings (SSSR count). The first-order valence-electron chi connectivity index (χ1n) is 7.84. The van der Waals surface area contributed by atoms with E-state index >= 15 is 0 Å². The molecule has 1 saturated heterocycles. The summed E-state index contributed by atoms with van der Waals surface area (Å²) in [5, 5.41) is 1.28. The Bertz CT molecular complexity index is 583. The number of benzene rings is 1. The largest absolute Gasteiger partial charge is 0.299 e. The van der Waals surface area contributed by atoms with Crippen LogP contribution in [0.25, 0.3) is 10.9 Å². The molecule has 2 aromatic rings. The monoisotopic (exact) mass is 268 g/mol. The molecule has 0 unspecified atom stereocenters. The smallest absolute Gasteiger partial charge is 0.0736 e. The minimum atomic E-state index is 0.522. The number of hydrogen-bond acceptors (Lipinski definition) is 2. The SMILES string of the molecule is CC(C)c1cc(CN2CCCCC2)cc2cccnc12. The molecule has 0 saturated carbocycles. The summed E-state index contributed by atoms with van der Waals surface area (Å²) >= 11 is 0. The molecule has 106 valence electrons. The maximum absolute atomic E-state index is 4.58. The summed E-state index contributed by atoms with van der Waals surface area (Å²) in [4.78, 5) is 7.17. The molecule has 2 nitrogen and oxygen atoms in total. The van der Waals surface area contributed by atoms with Crippen molar-refractivity contribution < 1.29 is 0 Å². The quantitative estimate of drug-likeness (QED) is 0.823. The van der Waals surface area contributed by atoms with Crippen LogP contribution in [0.1, 0.15) is 50.2 Å². The lowest BCUT2D eigenvalue weighted by atomic mass is 9.96. The van der Waals surface area contributed by atoms with Crippen LogP contribution in [0.4, 0.5) is 0 Å². The summed E-state index contributed by atoms with van der Waals surface area (Å²) in [7, 11) is 0. The van der Waals surface area contributed by atoms with Gasteiger partial charge in [0.1, 0.15) is 0 Å². The molecular weight excluding hydrogens is 244 g/mol. The van der Waals surface area contributed by atoms with E-state index in [2.05, 4.69) is 41.9 Å². The molecule has 0 spiro atoms. The Kier molecular flexibility index (Phi) is 4.02. The van der Waals surface area contributed by atoms with Gasteiger partial charge in [0, 0.05) is 18.1 Å². The van der Waals surface area contributed by atoms with E-state index in [1.807, 2.05) is 12.3 Å². The normalized spacial score (nSPS) is 16.9. The Morgan fingerprint density at radius 2 is 1.95 bits per heavy atom. The van der Waals surface area contributed by atoms with Crippen LogP contribution in [0, 0.1) is 0 Å². The van der Waals surface area contributed by atoms with Gasteiger partial charge in [0.2, 0.25) is 0 Å². The van der Waals surface area contributed by atoms with Crippen LogP contribution in [0.2, 0.25) is 0 Å². The van der Waals surface area contributed by atoms with E-state index < -0.39 is 0 Å². The summed E-state index contributed by atoms with van der Waals surface area (Å²) in [6.07, 6.45) is 6.01. The van der Waals surface area contributed by atoms with Crippen LogP contribution in [-0.2, 0) is 6.54 Å². The van der Waals surface area contributed by atoms with Gasteiger partial charge in [-0.15, -0.1) is 0 Å². The maximum Gasteiger partial charge on any atom is 0.0736 e. The average molecular weight is 268 g/mol. The summed E-state index contributed by atoms with van der Waals surface area (Å²) in [6, 6.07) is 8.92. The van der Waals surface area contributed by atoms with Crippen molar-refractivity contribution >= 4 is 10.9 Å². The van der Waals surface area contributed by atoms with Gasteiger partial charge in [-0.1, -0.05) is 32.4 Å². The molecule has 1 aliphatic heterocycles. The zero-order valence-electron chi connectivity index (χ0n) is 12.6. The van der Waals surface area contributed by atoms with Gasteiger partial charge in [-0.3, -0.25) is 9.88 Å². The molecule has 0 atom stereocenters. The summed E-state index contributed by atoms with van der Waals surface area (Å²) in [6.45, 7) is 8.11. The Hall–Kier alpha value is -1.41. The number of fused-ring (bicyclic) bond motifs is 1. The van der Waals surface area contributed by atoms with Crippen LogP contribution in [0.15, 0.2) is 30.5 Å². The molecule has 1 aromatic heterocycles. The van der Waals surface area contributed by atoms with Crippen LogP contribution in [0.5, 0.6) is 0 Å². The predicted octanol–water partition coefficient (Wildman–Crippen LogP) is 4.34. The van der Waals surface area contributed by atoms with Crippen molar-refractivity contribution in [3.05, 3.63) is 41.6 Å². The highest BCUT2D eigenvalue weighted by Gasteiger charge is 2.13. The number of piperidine rings is 1. The molecule has 0 radical (unpaired) electrons. The highest BCUT2D eigenvalue weighted by Crippen LogP contribution is 2.26. The molecule has 1 aromatic carbocycles. The Morgan fingerprint density at radius 1 is 1.15 bits per heavy atom. The third-order valence-corrected chi connectivity index (χ3v) is 4.27. The van der Waals surface area contributed by atoms with E-state index in [0.717, 1.165) is 6.54 Å². The first-order chi connectivity index (χ1) is 9.74. The van der Waals surface area contributed by atoms with E-state index in [1.54, 1.807) is 0 Å². The van der Waals surface area contributed by atoms with E-state index in [1.165, 1.54) is 54.4 Å². The number of hydrogen-bond donors (Lipinski definition) is 0. The summed E-state index contributed by atoms with van der Waals surface area (Å²) < 4.78 is 0. The highest BCUT2D eigenvalue weighted by atomic mass is 15.1. The second-order valence-electron chi connectivity index (χ2n) is 6.25. The van der Waals surface area contributed by atoms with E-state index in [0.29, 0.717) is 5.92 Å². The van der Waals surface area contributed by atoms with Crippen molar-refractivity contribution in [3.8, 4) is 0 Å². The summed E-state index contributed by atoms with van der Waals surface area (Å²) in [5.74, 6) is 0.522. The van der Waals surface area contributed by atoms with Gasteiger partial charge in [-0.05, 0) is 55.1 Å². The minimum absolute atomic E-state index is 0.522. The topological polar surface area (TPSA) is 16.1 Å². The minimum Gasteiger partial charge on any atom is -0.299 e. The molecule has 0 amide bonds. The fraction of sp³-hybridized carbons (Fsp3) is 0.500. The lowest BCUT2D eigenvalue weighted by Crippen LogP contribution is -2.29. The number of likely N-dealkylation sites (tertiary alicyclic amines) is 1. The van der Waals surface area contributed by atoms with Crippen LogP contribution >= 0.6 is 0 Å². The van der Waals surface area contributed by atoms with Gasteiger partial charge < -0.3 is 0 Å². The lowest BCUT2D eigenvalue weighted by Gasteiger charge is -2.27. The molecular formula is C18H24N2. The molecule has 20 heavy (non-hydrogen) atoms. The van der Waals surface area contributed by atoms with Gasteiger partial charge >= 0.3 is 0 Å². The maximum atomic E-state index is 4.58. The zero-order valence-corrected chi connectivity index (χ0v) is 12.6. The van der Waals surface area contributed by atoms with E-state index in [-0.39, 0.29) is 0 Å². The number of nitrogens with zero attached hydrogens (tertiary/aromatic N) is 2. The second kappa shape index (κ2) is 5.92. The summed E-state index contributed by atoms with van der Waals surface area (Å²) in [5.41, 5.74) is 4.00. The standard InChI is InChI=1S/C18H24N2/c1-14(2)17-12-15(13-20-9-4-3-5-10-20)11-16-7-6-8-19-18(16)17/h6-8,11-12,14H,3-5,9-10,13H2,1-2H3. The van der Waals surface area contributed by atoms with Gasteiger partial charge in [0.25, 0.3) is 0 Å². The second-order valence-corrected chi connectivity index (χ2v) is 6.25. The Labute approximate surface area is 121 Å². The van der Waals surface area contributed by atoms with Gasteiger partial charge in [0.05, 0.1) is 5.52 Å². The third-order valence-electron chi connectivity index (χ3n) is 4.27. The van der Waals surface area contributed by atoms with Crippen molar-refractivity contribution in [2.75, 3.05) is 13.1 Å². The Balaban J connectivity index is 1.94. The molecule has 0 N–H and O–H groups in total. The van der Waals surface area contributed by atoms with Gasteiger partial charge in [0.15, 0.2) is 0 Å². The van der Waals surface area contributed by atoms with Gasteiger partial charge in [-0.2, -0.15) is 0 Å². The van der Waals surface area contributed by atoms with Crippen molar-refractivity contribution in [2.24, 2.45) is 0 Å². The van der Waals surface area contributed by atoms with E-state index in [9.17, 15) is 0 Å². The van der Waals surface area contributed by atoms with Crippen molar-refractivity contribution in [3.63, 3.8) is 0 Å². The van der Waals surface area contributed by atoms with Gasteiger partial charge in [-0.25, -0.2) is 0 Å². The first-order valence-corrected chi connectivity index (χ1v) is 7.84. The van der Waals surface area contributed by atoms with Crippen LogP contribution in [0.3, 0.4) is 0 Å². The first kappa shape index (κ1) is 13.6. The lowest BCUT2D eigenvalue weighted by molar-refractivity contribution is 0.221. The molecule has 1 aliphatic rings. The fourth-order valence-corrected chi connectivity index (χ4v) is 3.19. The zero-order chi connectivity index (χ0) is 13.9. The third kappa shape index (κ3) is 2.85. The number of aromatic nitrogens is 1. The van der Waals surface area contributed by atoms with Crippen LogP contribution in [-0.4, -0.2) is 23.0 Å². The molecule has 2 heterocycles. The van der Waals surface area contributed by atoms with Crippen molar-refractivity contribution in [2.45, 2.75) is 45.6 Å². The predicted molar refractivity (Wildman–Crippen MR) is 85.0 cm³/mol. The number of pyridine rings is 1. The highest BCUT2D eigenvalue weighted by molar-refractivity contribution is 5.83. The molecule has 0 aliphatic carbocycles. The van der Waals surface area contributed by atoms with Crippen LogP contribution < -0.4 is 0 Å². The Morgan fingerprint density at radius 3 is 2.70 bits per heavy atom. The molecule has 2 heteroatoms. The van der Waals surface area contributed by atoms with Crippen molar-refractivity contribution in [1.82, 2.24) is 9.88 Å². The average Bonchev–Trinajstić information content (AvgIpc) is 2.47.